The minimum Gasteiger partial charge on any atom is -0.468 e. The average Bonchev–Trinajstić information content (AvgIpc) is 3.15. The molecule has 2 aliphatic rings. The largest absolute Gasteiger partial charge is 0.468 e. The first-order chi connectivity index (χ1) is 10.3. The van der Waals surface area contributed by atoms with Gasteiger partial charge in [0.2, 0.25) is 5.91 Å². The summed E-state index contributed by atoms with van der Waals surface area (Å²) in [5, 5.41) is 0.410. The molecule has 1 saturated heterocycles. The summed E-state index contributed by atoms with van der Waals surface area (Å²) in [6, 6.07) is 4.00. The summed E-state index contributed by atoms with van der Waals surface area (Å²) in [5.41, 5.74) is 0. The summed E-state index contributed by atoms with van der Waals surface area (Å²) in [6.07, 6.45) is 10.0. The molecule has 0 N–H and O–H groups in total. The second-order valence-corrected chi connectivity index (χ2v) is 7.54. The molecule has 2 fully saturated rings. The number of hydrogen-bond acceptors (Lipinski definition) is 3. The molecule has 1 aliphatic carbocycles. The van der Waals surface area contributed by atoms with Gasteiger partial charge in [-0.05, 0) is 30.9 Å². The molecular formula is C17H25NO2S. The molecule has 1 atom stereocenters. The molecule has 4 heteroatoms. The van der Waals surface area contributed by atoms with Crippen LogP contribution in [0.4, 0.5) is 0 Å². The number of thioether (sulfide) groups is 1. The normalized spacial score (nSPS) is 24.2. The topological polar surface area (TPSA) is 33.5 Å². The Morgan fingerprint density at radius 2 is 2.14 bits per heavy atom. The van der Waals surface area contributed by atoms with Crippen molar-refractivity contribution in [2.45, 2.75) is 50.2 Å². The molecule has 1 aliphatic heterocycles. The van der Waals surface area contributed by atoms with Crippen LogP contribution in [0.15, 0.2) is 22.8 Å². The maximum absolute atomic E-state index is 12.4. The summed E-state index contributed by atoms with van der Waals surface area (Å²) in [6.45, 7) is 1.77. The van der Waals surface area contributed by atoms with Crippen molar-refractivity contribution in [1.29, 1.82) is 0 Å². The Balaban J connectivity index is 1.46. The Kier molecular flexibility index (Phi) is 5.28. The van der Waals surface area contributed by atoms with E-state index in [1.165, 1.54) is 25.7 Å². The lowest BCUT2D eigenvalue weighted by atomic mass is 10.0. The summed E-state index contributed by atoms with van der Waals surface area (Å²) in [5.74, 6) is 3.24. The first kappa shape index (κ1) is 15.0. The highest BCUT2D eigenvalue weighted by Crippen LogP contribution is 2.35. The van der Waals surface area contributed by atoms with Crippen LogP contribution >= 0.6 is 11.8 Å². The molecule has 1 unspecified atom stereocenters. The van der Waals surface area contributed by atoms with Crippen LogP contribution in [-0.2, 0) is 4.79 Å². The van der Waals surface area contributed by atoms with E-state index in [1.807, 2.05) is 17.8 Å². The highest BCUT2D eigenvalue weighted by molar-refractivity contribution is 7.99. The number of nitrogens with zero attached hydrogens (tertiary/aromatic N) is 1. The van der Waals surface area contributed by atoms with Gasteiger partial charge < -0.3 is 9.32 Å². The minimum absolute atomic E-state index is 0.364. The van der Waals surface area contributed by atoms with E-state index in [0.717, 1.165) is 49.8 Å². The van der Waals surface area contributed by atoms with Crippen molar-refractivity contribution < 1.29 is 9.21 Å². The fraction of sp³-hybridized carbons (Fsp3) is 0.706. The molecule has 116 valence electrons. The van der Waals surface area contributed by atoms with E-state index < -0.39 is 0 Å². The van der Waals surface area contributed by atoms with Crippen molar-refractivity contribution >= 4 is 17.7 Å². The molecule has 1 aromatic heterocycles. The quantitative estimate of drug-likeness (QED) is 0.833. The molecule has 0 aromatic carbocycles. The van der Waals surface area contributed by atoms with Gasteiger partial charge in [0.15, 0.2) is 0 Å². The first-order valence-electron chi connectivity index (χ1n) is 8.25. The molecule has 1 saturated carbocycles. The highest BCUT2D eigenvalue weighted by Gasteiger charge is 2.24. The van der Waals surface area contributed by atoms with Crippen molar-refractivity contribution in [3.63, 3.8) is 0 Å². The number of carbonyl (C=O) groups excluding carboxylic acids is 1. The van der Waals surface area contributed by atoms with E-state index in [0.29, 0.717) is 11.2 Å². The third kappa shape index (κ3) is 4.06. The smallest absolute Gasteiger partial charge is 0.222 e. The number of amides is 1. The highest BCUT2D eigenvalue weighted by atomic mass is 32.2. The molecule has 3 nitrogen and oxygen atoms in total. The van der Waals surface area contributed by atoms with Crippen LogP contribution in [0.5, 0.6) is 0 Å². The van der Waals surface area contributed by atoms with E-state index in [-0.39, 0.29) is 0 Å². The zero-order chi connectivity index (χ0) is 14.5. The van der Waals surface area contributed by atoms with Crippen molar-refractivity contribution in [2.75, 3.05) is 18.8 Å². The monoisotopic (exact) mass is 307 g/mol. The zero-order valence-electron chi connectivity index (χ0n) is 12.6. The SMILES string of the molecule is O=C(CCC1CCCC1)N1CCSC(c2ccco2)CC1. The molecular weight excluding hydrogens is 282 g/mol. The van der Waals surface area contributed by atoms with Gasteiger partial charge in [0.05, 0.1) is 11.5 Å². The van der Waals surface area contributed by atoms with Gasteiger partial charge in [0, 0.05) is 25.3 Å². The van der Waals surface area contributed by atoms with Gasteiger partial charge in [-0.15, -0.1) is 11.8 Å². The molecule has 2 heterocycles. The molecule has 21 heavy (non-hydrogen) atoms. The third-order valence-corrected chi connectivity index (χ3v) is 6.08. The van der Waals surface area contributed by atoms with E-state index >= 15 is 0 Å². The van der Waals surface area contributed by atoms with E-state index in [9.17, 15) is 4.79 Å². The lowest BCUT2D eigenvalue weighted by molar-refractivity contribution is -0.131. The Labute approximate surface area is 131 Å². The number of rotatable bonds is 4. The van der Waals surface area contributed by atoms with E-state index in [2.05, 4.69) is 11.0 Å². The molecule has 0 spiro atoms. The Morgan fingerprint density at radius 3 is 2.90 bits per heavy atom. The van der Waals surface area contributed by atoms with Crippen LogP contribution < -0.4 is 0 Å². The van der Waals surface area contributed by atoms with Crippen LogP contribution in [0.1, 0.15) is 56.0 Å². The van der Waals surface area contributed by atoms with Crippen LogP contribution in [-0.4, -0.2) is 29.6 Å². The maximum Gasteiger partial charge on any atom is 0.222 e. The van der Waals surface area contributed by atoms with Gasteiger partial charge in [-0.3, -0.25) is 4.79 Å². The molecule has 3 rings (SSSR count). The van der Waals surface area contributed by atoms with Crippen molar-refractivity contribution in [2.24, 2.45) is 5.92 Å². The Morgan fingerprint density at radius 1 is 1.29 bits per heavy atom. The van der Waals surface area contributed by atoms with E-state index in [4.69, 9.17) is 4.42 Å². The molecule has 1 amide bonds. The van der Waals surface area contributed by atoms with Gasteiger partial charge in [-0.2, -0.15) is 0 Å². The summed E-state index contributed by atoms with van der Waals surface area (Å²) < 4.78 is 5.51. The van der Waals surface area contributed by atoms with Crippen molar-refractivity contribution in [1.82, 2.24) is 4.90 Å². The fourth-order valence-electron chi connectivity index (χ4n) is 3.51. The number of carbonyl (C=O) groups is 1. The van der Waals surface area contributed by atoms with E-state index in [1.54, 1.807) is 6.26 Å². The third-order valence-electron chi connectivity index (χ3n) is 4.80. The molecule has 1 aromatic rings. The Hall–Kier alpha value is -0.900. The average molecular weight is 307 g/mol. The van der Waals surface area contributed by atoms with Gasteiger partial charge in [0.25, 0.3) is 0 Å². The standard InChI is InChI=1S/C17H25NO2S/c19-17(8-7-14-4-1-2-5-14)18-10-9-16(21-13-11-18)15-6-3-12-20-15/h3,6,12,14,16H,1-2,4-5,7-11,13H2. The summed E-state index contributed by atoms with van der Waals surface area (Å²) in [7, 11) is 0. The lowest BCUT2D eigenvalue weighted by Gasteiger charge is -2.21. The predicted octanol–water partition coefficient (Wildman–Crippen LogP) is 4.26. The van der Waals surface area contributed by atoms with Crippen LogP contribution in [0.2, 0.25) is 0 Å². The van der Waals surface area contributed by atoms with Crippen molar-refractivity contribution in [3.8, 4) is 0 Å². The minimum atomic E-state index is 0.364. The van der Waals surface area contributed by atoms with Crippen molar-refractivity contribution in [3.05, 3.63) is 24.2 Å². The zero-order valence-corrected chi connectivity index (χ0v) is 13.4. The van der Waals surface area contributed by atoms with Crippen LogP contribution in [0.3, 0.4) is 0 Å². The van der Waals surface area contributed by atoms with Gasteiger partial charge in [-0.25, -0.2) is 0 Å². The van der Waals surface area contributed by atoms with Crippen LogP contribution in [0, 0.1) is 5.92 Å². The maximum atomic E-state index is 12.4. The summed E-state index contributed by atoms with van der Waals surface area (Å²) >= 11 is 1.92. The number of hydrogen-bond donors (Lipinski definition) is 0. The fourth-order valence-corrected chi connectivity index (χ4v) is 4.69. The van der Waals surface area contributed by atoms with Crippen LogP contribution in [0.25, 0.3) is 0 Å². The molecule has 0 bridgehead atoms. The predicted molar refractivity (Wildman–Crippen MR) is 86.3 cm³/mol. The van der Waals surface area contributed by atoms with Gasteiger partial charge in [-0.1, -0.05) is 25.7 Å². The second kappa shape index (κ2) is 7.39. The van der Waals surface area contributed by atoms with Gasteiger partial charge >= 0.3 is 0 Å². The first-order valence-corrected chi connectivity index (χ1v) is 9.30. The second-order valence-electron chi connectivity index (χ2n) is 6.23. The number of furan rings is 1. The summed E-state index contributed by atoms with van der Waals surface area (Å²) in [4.78, 5) is 14.5. The van der Waals surface area contributed by atoms with Gasteiger partial charge in [0.1, 0.15) is 5.76 Å². The molecule has 0 radical (unpaired) electrons. The lowest BCUT2D eigenvalue weighted by Crippen LogP contribution is -2.33. The Bertz CT molecular complexity index is 440.